The van der Waals surface area contributed by atoms with Crippen LogP contribution in [0.5, 0.6) is 0 Å². The van der Waals surface area contributed by atoms with Crippen LogP contribution in [0.15, 0.2) is 30.3 Å². The third-order valence-electron chi connectivity index (χ3n) is 0.843. The molecule has 1 aromatic rings. The summed E-state index contributed by atoms with van der Waals surface area (Å²) in [5, 5.41) is 0. The summed E-state index contributed by atoms with van der Waals surface area (Å²) in [5.41, 5.74) is 1.07. The molecule has 0 unspecified atom stereocenters. The van der Waals surface area contributed by atoms with E-state index in [4.69, 9.17) is 0 Å². The Morgan fingerprint density at radius 2 is 1.56 bits per heavy atom. The van der Waals surface area contributed by atoms with Gasteiger partial charge in [-0.1, -0.05) is 6.07 Å². The molecule has 0 fully saturated rings. The first kappa shape index (κ1) is 9.06. The standard InChI is InChI=1S/C7H7.BrH.Ni/c1-7-5-3-2-4-6-7;;/h2-6H,1H2;1H;/q-1;;+1/p-1. The van der Waals surface area contributed by atoms with Gasteiger partial charge in [-0.05, 0) is 0 Å². The third kappa shape index (κ3) is 4.56. The molecule has 0 aliphatic carbocycles. The van der Waals surface area contributed by atoms with E-state index in [1.807, 2.05) is 30.3 Å². The van der Waals surface area contributed by atoms with Gasteiger partial charge in [-0.15, -0.1) is 12.1 Å². The monoisotopic (exact) mass is 228 g/mol. The van der Waals surface area contributed by atoms with Gasteiger partial charge in [0, 0.05) is 0 Å². The van der Waals surface area contributed by atoms with Crippen molar-refractivity contribution in [2.45, 2.75) is 0 Å². The predicted molar refractivity (Wildman–Crippen MR) is 39.8 cm³/mol. The van der Waals surface area contributed by atoms with E-state index in [2.05, 4.69) is 34.8 Å². The number of halogens is 1. The summed E-state index contributed by atoms with van der Waals surface area (Å²) < 4.78 is 0. The van der Waals surface area contributed by atoms with E-state index in [1.165, 1.54) is 0 Å². The van der Waals surface area contributed by atoms with E-state index in [9.17, 15) is 0 Å². The molecule has 0 heterocycles. The Kier molecular flexibility index (Phi) is 6.23. The molecule has 2 heteroatoms. The van der Waals surface area contributed by atoms with E-state index in [0.29, 0.717) is 0 Å². The molecule has 0 spiro atoms. The van der Waals surface area contributed by atoms with Crippen molar-refractivity contribution in [3.05, 3.63) is 42.8 Å². The van der Waals surface area contributed by atoms with Crippen LogP contribution >= 0.6 is 14.2 Å². The van der Waals surface area contributed by atoms with Crippen LogP contribution in [0.2, 0.25) is 0 Å². The molecular weight excluding hydrogens is 223 g/mol. The van der Waals surface area contributed by atoms with Crippen molar-refractivity contribution >= 4 is 14.2 Å². The van der Waals surface area contributed by atoms with Gasteiger partial charge in [0.15, 0.2) is 0 Å². The molecule has 0 saturated carbocycles. The fourth-order valence-corrected chi connectivity index (χ4v) is 0.478. The zero-order valence-corrected chi connectivity index (χ0v) is 7.36. The van der Waals surface area contributed by atoms with E-state index in [-0.39, 0.29) is 0 Å². The molecule has 0 atom stereocenters. The van der Waals surface area contributed by atoms with Gasteiger partial charge in [0.2, 0.25) is 0 Å². The Labute approximate surface area is 70.8 Å². The number of rotatable bonds is 0. The molecule has 0 aromatic heterocycles. The molecule has 0 nitrogen and oxygen atoms in total. The molecule has 53 valence electrons. The maximum atomic E-state index is 3.72. The molecule has 0 radical (unpaired) electrons. The zero-order chi connectivity index (χ0) is 7.11. The summed E-state index contributed by atoms with van der Waals surface area (Å²) >= 11 is 6.25. The van der Waals surface area contributed by atoms with Crippen LogP contribution in [-0.4, -0.2) is 0 Å². The Morgan fingerprint density at radius 3 is 1.78 bits per heavy atom. The first-order valence-electron chi connectivity index (χ1n) is 2.38. The second-order valence-electron chi connectivity index (χ2n) is 1.49. The van der Waals surface area contributed by atoms with E-state index < -0.39 is 0 Å². The van der Waals surface area contributed by atoms with Crippen molar-refractivity contribution < 1.29 is 13.7 Å². The van der Waals surface area contributed by atoms with Crippen LogP contribution < -0.4 is 0 Å². The van der Waals surface area contributed by atoms with Crippen molar-refractivity contribution in [1.82, 2.24) is 0 Å². The van der Waals surface area contributed by atoms with E-state index in [1.54, 1.807) is 0 Å². The average Bonchev–Trinajstić information content (AvgIpc) is 1.94. The van der Waals surface area contributed by atoms with E-state index >= 15 is 0 Å². The Hall–Kier alpha value is 0.0635. The van der Waals surface area contributed by atoms with Crippen molar-refractivity contribution in [1.29, 1.82) is 0 Å². The van der Waals surface area contributed by atoms with Gasteiger partial charge in [-0.2, -0.15) is 24.6 Å². The average molecular weight is 230 g/mol. The second-order valence-corrected chi connectivity index (χ2v) is 1.49. The minimum absolute atomic E-state index is 1.07. The second kappa shape index (κ2) is 6.19. The van der Waals surface area contributed by atoms with E-state index in [0.717, 1.165) is 5.56 Å². The maximum absolute atomic E-state index is 3.72. The fourth-order valence-electron chi connectivity index (χ4n) is 0.478. The summed E-state index contributed by atoms with van der Waals surface area (Å²) in [7, 11) is 0. The normalized spacial score (nSPS) is 7.44. The first-order valence-corrected chi connectivity index (χ1v) is 4.82. The predicted octanol–water partition coefficient (Wildman–Crippen LogP) is 2.71. The summed E-state index contributed by atoms with van der Waals surface area (Å²) in [6.45, 7) is 3.72. The van der Waals surface area contributed by atoms with Crippen LogP contribution in [0.25, 0.3) is 0 Å². The van der Waals surface area contributed by atoms with Gasteiger partial charge in [0.25, 0.3) is 0 Å². The molecule has 0 amide bonds. The number of hydrogen-bond acceptors (Lipinski definition) is 0. The van der Waals surface area contributed by atoms with Crippen LogP contribution in [0, 0.1) is 6.92 Å². The van der Waals surface area contributed by atoms with Crippen molar-refractivity contribution in [2.24, 2.45) is 0 Å². The van der Waals surface area contributed by atoms with Gasteiger partial charge in [0.05, 0.1) is 0 Å². The Bertz CT molecular complexity index is 139. The molecule has 1 rings (SSSR count). The van der Waals surface area contributed by atoms with Gasteiger partial charge in [-0.25, -0.2) is 0 Å². The number of hydrogen-bond donors (Lipinski definition) is 0. The molecule has 0 aliphatic heterocycles. The topological polar surface area (TPSA) is 0 Å². The molecule has 0 bridgehead atoms. The summed E-state index contributed by atoms with van der Waals surface area (Å²) in [4.78, 5) is 0. The first-order chi connectivity index (χ1) is 4.39. The number of benzene rings is 1. The third-order valence-corrected chi connectivity index (χ3v) is 0.843. The van der Waals surface area contributed by atoms with Crippen LogP contribution in [-0.2, 0) is 13.7 Å². The van der Waals surface area contributed by atoms with Crippen molar-refractivity contribution in [3.63, 3.8) is 0 Å². The van der Waals surface area contributed by atoms with Gasteiger partial charge in [-0.3, -0.25) is 0 Å². The molecule has 1 aromatic carbocycles. The van der Waals surface area contributed by atoms with Crippen LogP contribution in [0.4, 0.5) is 0 Å². The summed E-state index contributed by atoms with van der Waals surface area (Å²) in [6, 6.07) is 9.87. The molecular formula is C7H7BrNi-. The SMILES string of the molecule is [CH2-]c1ccccc1.[Ni][Br]. The van der Waals surface area contributed by atoms with Crippen molar-refractivity contribution in [2.75, 3.05) is 0 Å². The minimum atomic E-state index is 1.07. The summed E-state index contributed by atoms with van der Waals surface area (Å²) in [5.74, 6) is 0. The van der Waals surface area contributed by atoms with Crippen LogP contribution in [0.1, 0.15) is 5.56 Å². The Morgan fingerprint density at radius 1 is 1.11 bits per heavy atom. The van der Waals surface area contributed by atoms with Gasteiger partial charge < -0.3 is 0 Å². The molecule has 0 saturated heterocycles. The quantitative estimate of drug-likeness (QED) is 0.474. The fraction of sp³-hybridized carbons (Fsp3) is 0. The zero-order valence-electron chi connectivity index (χ0n) is 4.79. The van der Waals surface area contributed by atoms with Crippen LogP contribution in [0.3, 0.4) is 0 Å². The van der Waals surface area contributed by atoms with Crippen molar-refractivity contribution in [3.8, 4) is 0 Å². The molecule has 0 aliphatic rings. The summed E-state index contributed by atoms with van der Waals surface area (Å²) in [6.07, 6.45) is 0. The van der Waals surface area contributed by atoms with Gasteiger partial charge >= 0.3 is 27.9 Å². The van der Waals surface area contributed by atoms with Gasteiger partial charge in [0.1, 0.15) is 0 Å². The Balaban J connectivity index is 0.000000291. The molecule has 0 N–H and O–H groups in total. The molecule has 9 heavy (non-hydrogen) atoms.